The average Bonchev–Trinajstić information content (AvgIpc) is 3.22. The number of aliphatic hydroxyl groups is 2. The van der Waals surface area contributed by atoms with Crippen LogP contribution >= 0.6 is 0 Å². The standard InChI is InChI=1S/C34H59NO4/c1-23(2)8-7-9-24(3)29-10-11-30-28-20-26(22-35(16-18-36)17-19-37)32-21-27(39-25(4)38)12-14-34(32,6)31(28)13-15-33(29,30)5/h23-24,27-31,36-37H,7-22H2,1-6H3/t24-,27+,28+,29-,30+,31+,33-,34-/m1/s1. The monoisotopic (exact) mass is 545 g/mol. The van der Waals surface area contributed by atoms with Gasteiger partial charge < -0.3 is 14.9 Å². The fourth-order valence-electron chi connectivity index (χ4n) is 10.2. The highest BCUT2D eigenvalue weighted by molar-refractivity contribution is 5.66. The van der Waals surface area contributed by atoms with E-state index in [2.05, 4.69) is 39.5 Å². The van der Waals surface area contributed by atoms with E-state index in [9.17, 15) is 15.0 Å². The Hall–Kier alpha value is -0.910. The summed E-state index contributed by atoms with van der Waals surface area (Å²) >= 11 is 0. The van der Waals surface area contributed by atoms with E-state index in [1.807, 2.05) is 0 Å². The van der Waals surface area contributed by atoms with Crippen molar-refractivity contribution in [2.24, 2.45) is 46.3 Å². The van der Waals surface area contributed by atoms with Crippen molar-refractivity contribution in [2.45, 2.75) is 118 Å². The molecule has 0 aromatic carbocycles. The van der Waals surface area contributed by atoms with Gasteiger partial charge >= 0.3 is 5.97 Å². The van der Waals surface area contributed by atoms with Gasteiger partial charge in [0.1, 0.15) is 6.10 Å². The van der Waals surface area contributed by atoms with E-state index in [0.29, 0.717) is 24.4 Å². The molecule has 2 N–H and O–H groups in total. The molecule has 0 aromatic heterocycles. The molecule has 0 aliphatic heterocycles. The molecule has 224 valence electrons. The van der Waals surface area contributed by atoms with E-state index in [4.69, 9.17) is 4.74 Å². The van der Waals surface area contributed by atoms with Gasteiger partial charge in [-0.15, -0.1) is 0 Å². The number of carbonyl (C=O) groups excluding carboxylic acids is 1. The van der Waals surface area contributed by atoms with Gasteiger partial charge in [-0.2, -0.15) is 0 Å². The number of rotatable bonds is 12. The van der Waals surface area contributed by atoms with Gasteiger partial charge in [-0.1, -0.05) is 65.0 Å². The Labute approximate surface area is 239 Å². The highest BCUT2D eigenvalue weighted by atomic mass is 16.5. The molecule has 5 nitrogen and oxygen atoms in total. The summed E-state index contributed by atoms with van der Waals surface area (Å²) in [4.78, 5) is 14.1. The SMILES string of the molecule is CC(=O)O[C@H]1CC[C@@]2(C)C(=C(CN(CCO)CCO)C[C@H]3[C@@H]4CC[C@H]([C@H](C)CCCC(C)C)[C@@]4(C)CC[C@@H]32)C1. The zero-order valence-electron chi connectivity index (χ0n) is 26.0. The molecule has 4 aliphatic rings. The lowest BCUT2D eigenvalue weighted by atomic mass is 9.46. The second kappa shape index (κ2) is 12.9. The van der Waals surface area contributed by atoms with Gasteiger partial charge in [0.05, 0.1) is 13.2 Å². The first-order valence-corrected chi connectivity index (χ1v) is 16.4. The summed E-state index contributed by atoms with van der Waals surface area (Å²) in [7, 11) is 0. The minimum Gasteiger partial charge on any atom is -0.462 e. The normalized spacial score (nSPS) is 37.0. The third-order valence-electron chi connectivity index (χ3n) is 12.1. The summed E-state index contributed by atoms with van der Waals surface area (Å²) in [6, 6.07) is 0. The predicted octanol–water partition coefficient (Wildman–Crippen LogP) is 6.62. The molecule has 5 heteroatoms. The first-order valence-electron chi connectivity index (χ1n) is 16.4. The highest BCUT2D eigenvalue weighted by Gasteiger charge is 2.60. The highest BCUT2D eigenvalue weighted by Crippen LogP contribution is 2.68. The van der Waals surface area contributed by atoms with Crippen LogP contribution in [0.4, 0.5) is 0 Å². The van der Waals surface area contributed by atoms with Crippen LogP contribution in [0.15, 0.2) is 11.1 Å². The molecular weight excluding hydrogens is 486 g/mol. The van der Waals surface area contributed by atoms with Crippen molar-refractivity contribution in [3.8, 4) is 0 Å². The Balaban J connectivity index is 1.61. The predicted molar refractivity (Wildman–Crippen MR) is 158 cm³/mol. The fourth-order valence-corrected chi connectivity index (χ4v) is 10.2. The fraction of sp³-hybridized carbons (Fsp3) is 0.912. The number of esters is 1. The van der Waals surface area contributed by atoms with Crippen molar-refractivity contribution in [3.63, 3.8) is 0 Å². The smallest absolute Gasteiger partial charge is 0.302 e. The second-order valence-electron chi connectivity index (χ2n) is 14.8. The maximum atomic E-state index is 11.9. The minimum atomic E-state index is -0.172. The summed E-state index contributed by atoms with van der Waals surface area (Å²) in [6.45, 7) is 16.2. The zero-order chi connectivity index (χ0) is 28.4. The molecule has 0 spiro atoms. The maximum Gasteiger partial charge on any atom is 0.302 e. The maximum absolute atomic E-state index is 11.9. The van der Waals surface area contributed by atoms with Crippen LogP contribution in [0.5, 0.6) is 0 Å². The topological polar surface area (TPSA) is 70.0 Å². The largest absolute Gasteiger partial charge is 0.462 e. The lowest BCUT2D eigenvalue weighted by Crippen LogP contribution is -2.52. The Morgan fingerprint density at radius 2 is 1.69 bits per heavy atom. The molecule has 0 heterocycles. The number of aliphatic hydroxyl groups excluding tert-OH is 2. The number of carbonyl (C=O) groups is 1. The third kappa shape index (κ3) is 6.46. The molecule has 4 rings (SSSR count). The molecule has 0 amide bonds. The molecule has 3 saturated carbocycles. The van der Waals surface area contributed by atoms with E-state index < -0.39 is 0 Å². The second-order valence-corrected chi connectivity index (χ2v) is 14.8. The van der Waals surface area contributed by atoms with Gasteiger partial charge in [-0.05, 0) is 91.3 Å². The van der Waals surface area contributed by atoms with Crippen LogP contribution in [0.25, 0.3) is 0 Å². The minimum absolute atomic E-state index is 0.0161. The van der Waals surface area contributed by atoms with Gasteiger partial charge in [0, 0.05) is 33.0 Å². The number of nitrogens with zero attached hydrogens (tertiary/aromatic N) is 1. The third-order valence-corrected chi connectivity index (χ3v) is 12.1. The molecule has 39 heavy (non-hydrogen) atoms. The zero-order valence-corrected chi connectivity index (χ0v) is 26.0. The summed E-state index contributed by atoms with van der Waals surface area (Å²) in [5.74, 6) is 4.50. The van der Waals surface area contributed by atoms with Gasteiger partial charge in [-0.25, -0.2) is 0 Å². The number of hydrogen-bond acceptors (Lipinski definition) is 5. The molecule has 0 radical (unpaired) electrons. The molecule has 0 bridgehead atoms. The van der Waals surface area contributed by atoms with E-state index >= 15 is 0 Å². The molecule has 8 atom stereocenters. The van der Waals surface area contributed by atoms with Gasteiger partial charge in [-0.3, -0.25) is 9.69 Å². The van der Waals surface area contributed by atoms with Crippen molar-refractivity contribution in [1.29, 1.82) is 0 Å². The van der Waals surface area contributed by atoms with Crippen molar-refractivity contribution in [2.75, 3.05) is 32.8 Å². The average molecular weight is 546 g/mol. The van der Waals surface area contributed by atoms with Crippen LogP contribution in [0.3, 0.4) is 0 Å². The van der Waals surface area contributed by atoms with Crippen molar-refractivity contribution in [3.05, 3.63) is 11.1 Å². The molecule has 3 fully saturated rings. The van der Waals surface area contributed by atoms with Gasteiger partial charge in [0.2, 0.25) is 0 Å². The summed E-state index contributed by atoms with van der Waals surface area (Å²) in [5.41, 5.74) is 3.68. The quantitative estimate of drug-likeness (QED) is 0.213. The van der Waals surface area contributed by atoms with Crippen molar-refractivity contribution >= 4 is 5.97 Å². The van der Waals surface area contributed by atoms with Gasteiger partial charge in [0.15, 0.2) is 0 Å². The lowest BCUT2D eigenvalue weighted by molar-refractivity contribution is -0.148. The molecule has 0 saturated heterocycles. The van der Waals surface area contributed by atoms with E-state index in [1.54, 1.807) is 5.57 Å². The van der Waals surface area contributed by atoms with Crippen LogP contribution < -0.4 is 0 Å². The van der Waals surface area contributed by atoms with E-state index in [-0.39, 0.29) is 30.7 Å². The first kappa shape index (κ1) is 31.0. The molecule has 4 aliphatic carbocycles. The Morgan fingerprint density at radius 1 is 0.974 bits per heavy atom. The van der Waals surface area contributed by atoms with Crippen LogP contribution in [0.1, 0.15) is 112 Å². The first-order chi connectivity index (χ1) is 18.5. The molecular formula is C34H59NO4. The summed E-state index contributed by atoms with van der Waals surface area (Å²) < 4.78 is 5.78. The van der Waals surface area contributed by atoms with Crippen molar-refractivity contribution in [1.82, 2.24) is 4.90 Å². The van der Waals surface area contributed by atoms with Crippen LogP contribution in [0, 0.1) is 46.3 Å². The lowest BCUT2D eigenvalue weighted by Gasteiger charge is -2.60. The summed E-state index contributed by atoms with van der Waals surface area (Å²) in [6.07, 6.45) is 13.6. The number of hydrogen-bond donors (Lipinski definition) is 2. The Morgan fingerprint density at radius 3 is 2.33 bits per heavy atom. The van der Waals surface area contributed by atoms with E-state index in [0.717, 1.165) is 61.8 Å². The van der Waals surface area contributed by atoms with Crippen LogP contribution in [-0.4, -0.2) is 60.0 Å². The number of fused-ring (bicyclic) bond motifs is 5. The Bertz CT molecular complexity index is 863. The molecule has 0 aromatic rings. The van der Waals surface area contributed by atoms with Crippen LogP contribution in [0.2, 0.25) is 0 Å². The van der Waals surface area contributed by atoms with Gasteiger partial charge in [0.25, 0.3) is 0 Å². The van der Waals surface area contributed by atoms with E-state index in [1.165, 1.54) is 57.4 Å². The van der Waals surface area contributed by atoms with Crippen LogP contribution in [-0.2, 0) is 9.53 Å². The summed E-state index contributed by atoms with van der Waals surface area (Å²) in [5, 5.41) is 19.5. The number of ether oxygens (including phenoxy) is 1. The molecule has 0 unspecified atom stereocenters. The van der Waals surface area contributed by atoms with Crippen molar-refractivity contribution < 1.29 is 19.7 Å². The Kier molecular flexibility index (Phi) is 10.3.